The predicted molar refractivity (Wildman–Crippen MR) is 124 cm³/mol. The lowest BCUT2D eigenvalue weighted by Crippen LogP contribution is -1.95. The number of fused-ring (bicyclic) bond motifs is 6. The second kappa shape index (κ2) is 6.53. The molecule has 0 aliphatic rings. The van der Waals surface area contributed by atoms with Gasteiger partial charge < -0.3 is 0 Å². The van der Waals surface area contributed by atoms with E-state index in [1.807, 2.05) is 24.4 Å². The number of nitrogens with zero attached hydrogens (tertiary/aromatic N) is 3. The quantitative estimate of drug-likeness (QED) is 0.311. The fourth-order valence-electron chi connectivity index (χ4n) is 4.41. The first-order valence-corrected chi connectivity index (χ1v) is 10.1. The van der Waals surface area contributed by atoms with E-state index in [-0.39, 0.29) is 0 Å². The molecule has 3 nitrogen and oxygen atoms in total. The summed E-state index contributed by atoms with van der Waals surface area (Å²) in [5.41, 5.74) is 7.60. The minimum atomic E-state index is 0.972. The van der Waals surface area contributed by atoms with Crippen molar-refractivity contribution in [3.05, 3.63) is 103 Å². The zero-order valence-corrected chi connectivity index (χ0v) is 16.6. The number of rotatable bonds is 2. The van der Waals surface area contributed by atoms with Crippen LogP contribution in [0.1, 0.15) is 5.56 Å². The predicted octanol–water partition coefficient (Wildman–Crippen LogP) is 6.68. The molecule has 142 valence electrons. The second-order valence-corrected chi connectivity index (χ2v) is 7.60. The average Bonchev–Trinajstić information content (AvgIpc) is 3.26. The summed E-state index contributed by atoms with van der Waals surface area (Å²) in [7, 11) is 0. The van der Waals surface area contributed by atoms with Crippen LogP contribution < -0.4 is 0 Å². The maximum absolute atomic E-state index is 5.07. The third-order valence-electron chi connectivity index (χ3n) is 5.78. The van der Waals surface area contributed by atoms with Crippen molar-refractivity contribution in [1.82, 2.24) is 14.4 Å². The maximum atomic E-state index is 5.07. The molecule has 0 fully saturated rings. The Morgan fingerprint density at radius 2 is 1.50 bits per heavy atom. The van der Waals surface area contributed by atoms with Crippen LogP contribution in [0.2, 0.25) is 0 Å². The summed E-state index contributed by atoms with van der Waals surface area (Å²) in [5.74, 6) is 0. The topological polar surface area (TPSA) is 30.2 Å². The molecule has 3 heterocycles. The first-order chi connectivity index (χ1) is 14.8. The highest BCUT2D eigenvalue weighted by Crippen LogP contribution is 2.38. The number of para-hydroxylation sites is 1. The highest BCUT2D eigenvalue weighted by Gasteiger charge is 2.17. The van der Waals surface area contributed by atoms with E-state index in [9.17, 15) is 0 Å². The lowest BCUT2D eigenvalue weighted by Gasteiger charge is -2.14. The van der Waals surface area contributed by atoms with Gasteiger partial charge in [-0.05, 0) is 30.7 Å². The van der Waals surface area contributed by atoms with Crippen LogP contribution in [0.5, 0.6) is 0 Å². The van der Waals surface area contributed by atoms with Gasteiger partial charge in [-0.1, -0.05) is 66.7 Å². The molecule has 0 saturated heterocycles. The molecule has 0 unspecified atom stereocenters. The van der Waals surface area contributed by atoms with E-state index in [0.29, 0.717) is 0 Å². The largest absolute Gasteiger partial charge is 0.298 e. The third-order valence-corrected chi connectivity index (χ3v) is 5.78. The molecule has 0 N–H and O–H groups in total. The van der Waals surface area contributed by atoms with Gasteiger partial charge in [0.1, 0.15) is 5.65 Å². The first-order valence-electron chi connectivity index (χ1n) is 10.1. The Bertz CT molecular complexity index is 1530. The molecule has 30 heavy (non-hydrogen) atoms. The highest BCUT2D eigenvalue weighted by atomic mass is 15.0. The molecule has 3 aromatic carbocycles. The molecule has 6 rings (SSSR count). The molecule has 0 spiro atoms. The monoisotopic (exact) mass is 385 g/mol. The van der Waals surface area contributed by atoms with Crippen LogP contribution >= 0.6 is 0 Å². The van der Waals surface area contributed by atoms with Crippen molar-refractivity contribution in [2.45, 2.75) is 6.92 Å². The van der Waals surface area contributed by atoms with E-state index in [4.69, 9.17) is 4.98 Å². The molecule has 0 saturated carbocycles. The van der Waals surface area contributed by atoms with Crippen molar-refractivity contribution >= 4 is 27.3 Å². The smallest absolute Gasteiger partial charge is 0.145 e. The molecule has 0 aliphatic carbocycles. The van der Waals surface area contributed by atoms with Crippen LogP contribution in [0, 0.1) is 6.92 Å². The molecular weight excluding hydrogens is 366 g/mol. The van der Waals surface area contributed by atoms with Crippen molar-refractivity contribution in [2.24, 2.45) is 0 Å². The lowest BCUT2D eigenvalue weighted by atomic mass is 9.94. The Kier molecular flexibility index (Phi) is 3.68. The number of aryl methyl sites for hydroxylation is 1. The van der Waals surface area contributed by atoms with Crippen LogP contribution in [0.4, 0.5) is 0 Å². The van der Waals surface area contributed by atoms with Gasteiger partial charge in [0, 0.05) is 39.7 Å². The molecular formula is C27H19N3. The van der Waals surface area contributed by atoms with Gasteiger partial charge in [0.25, 0.3) is 0 Å². The van der Waals surface area contributed by atoms with E-state index in [1.165, 1.54) is 21.9 Å². The van der Waals surface area contributed by atoms with Crippen LogP contribution in [-0.4, -0.2) is 14.4 Å². The summed E-state index contributed by atoms with van der Waals surface area (Å²) in [5, 5.41) is 3.56. The molecule has 0 aliphatic heterocycles. The molecule has 3 aromatic heterocycles. The Morgan fingerprint density at radius 3 is 2.33 bits per heavy atom. The van der Waals surface area contributed by atoms with Crippen LogP contribution in [0.25, 0.3) is 49.8 Å². The number of aromatic nitrogens is 3. The number of hydrogen-bond donors (Lipinski definition) is 0. The zero-order valence-electron chi connectivity index (χ0n) is 16.6. The van der Waals surface area contributed by atoms with E-state index >= 15 is 0 Å². The summed E-state index contributed by atoms with van der Waals surface area (Å²) < 4.78 is 2.22. The minimum absolute atomic E-state index is 0.972. The average molecular weight is 385 g/mol. The Labute approximate surface area is 174 Å². The third kappa shape index (κ3) is 2.45. The first kappa shape index (κ1) is 16.9. The van der Waals surface area contributed by atoms with Crippen LogP contribution in [0.3, 0.4) is 0 Å². The SMILES string of the molecule is Cc1ccc2c(c1-c1ccccn1)c1ccccc1n1cc(-c3ccccc3)nc21. The van der Waals surface area contributed by atoms with E-state index in [2.05, 4.69) is 89.2 Å². The summed E-state index contributed by atoms with van der Waals surface area (Å²) in [6, 6.07) is 29.4. The zero-order chi connectivity index (χ0) is 20.1. The molecule has 3 heteroatoms. The number of imidazole rings is 1. The van der Waals surface area contributed by atoms with E-state index < -0.39 is 0 Å². The fourth-order valence-corrected chi connectivity index (χ4v) is 4.41. The van der Waals surface area contributed by atoms with E-state index in [0.717, 1.165) is 33.5 Å². The summed E-state index contributed by atoms with van der Waals surface area (Å²) >= 11 is 0. The summed E-state index contributed by atoms with van der Waals surface area (Å²) in [6.07, 6.45) is 4.00. The minimum Gasteiger partial charge on any atom is -0.298 e. The summed E-state index contributed by atoms with van der Waals surface area (Å²) in [6.45, 7) is 2.16. The van der Waals surface area contributed by atoms with Gasteiger partial charge in [0.2, 0.25) is 0 Å². The van der Waals surface area contributed by atoms with Crippen molar-refractivity contribution in [2.75, 3.05) is 0 Å². The summed E-state index contributed by atoms with van der Waals surface area (Å²) in [4.78, 5) is 9.74. The van der Waals surface area contributed by atoms with Crippen molar-refractivity contribution in [3.8, 4) is 22.5 Å². The number of hydrogen-bond acceptors (Lipinski definition) is 2. The van der Waals surface area contributed by atoms with Gasteiger partial charge in [0.05, 0.1) is 16.9 Å². The molecule has 0 bridgehead atoms. The van der Waals surface area contributed by atoms with Crippen LogP contribution in [0.15, 0.2) is 97.3 Å². The Morgan fingerprint density at radius 1 is 0.700 bits per heavy atom. The Balaban J connectivity index is 1.81. The van der Waals surface area contributed by atoms with Gasteiger partial charge in [-0.15, -0.1) is 0 Å². The standard InChI is InChI=1S/C27H19N3/c1-18-14-15-21-26(25(18)22-12-7-8-16-28-22)20-11-5-6-13-24(20)30-17-23(29-27(21)30)19-9-3-2-4-10-19/h2-17H,1H3. The van der Waals surface area contributed by atoms with Crippen molar-refractivity contribution < 1.29 is 0 Å². The van der Waals surface area contributed by atoms with Gasteiger partial charge in [0.15, 0.2) is 0 Å². The molecule has 6 aromatic rings. The maximum Gasteiger partial charge on any atom is 0.145 e. The van der Waals surface area contributed by atoms with Crippen molar-refractivity contribution in [1.29, 1.82) is 0 Å². The van der Waals surface area contributed by atoms with Crippen molar-refractivity contribution in [3.63, 3.8) is 0 Å². The molecule has 0 amide bonds. The number of benzene rings is 3. The number of pyridine rings is 2. The molecule has 0 atom stereocenters. The molecule has 0 radical (unpaired) electrons. The van der Waals surface area contributed by atoms with Gasteiger partial charge in [-0.2, -0.15) is 0 Å². The second-order valence-electron chi connectivity index (χ2n) is 7.60. The van der Waals surface area contributed by atoms with Gasteiger partial charge in [-0.3, -0.25) is 9.38 Å². The van der Waals surface area contributed by atoms with Crippen LogP contribution in [-0.2, 0) is 0 Å². The highest BCUT2D eigenvalue weighted by molar-refractivity contribution is 6.18. The Hall–Kier alpha value is -3.98. The fraction of sp³-hybridized carbons (Fsp3) is 0.0370. The van der Waals surface area contributed by atoms with Gasteiger partial charge >= 0.3 is 0 Å². The van der Waals surface area contributed by atoms with E-state index in [1.54, 1.807) is 0 Å². The van der Waals surface area contributed by atoms with Gasteiger partial charge in [-0.25, -0.2) is 4.98 Å². The lowest BCUT2D eigenvalue weighted by molar-refractivity contribution is 1.27. The normalized spacial score (nSPS) is 11.5.